The summed E-state index contributed by atoms with van der Waals surface area (Å²) < 4.78 is 43.1. The number of carbonyl (C=O) groups is 1. The van der Waals surface area contributed by atoms with Crippen LogP contribution in [0.2, 0.25) is 5.02 Å². The number of anilines is 1. The molecule has 0 radical (unpaired) electrons. The summed E-state index contributed by atoms with van der Waals surface area (Å²) >= 11 is 6.25. The summed E-state index contributed by atoms with van der Waals surface area (Å²) in [6, 6.07) is 8.88. The van der Waals surface area contributed by atoms with E-state index in [2.05, 4.69) is 10.0 Å². The second-order valence-corrected chi connectivity index (χ2v) is 8.38. The molecule has 29 heavy (non-hydrogen) atoms. The Labute approximate surface area is 174 Å². The fraction of sp³-hybridized carbons (Fsp3) is 0.316. The molecule has 8 nitrogen and oxygen atoms in total. The average molecular weight is 441 g/mol. The van der Waals surface area contributed by atoms with E-state index in [1.807, 2.05) is 0 Å². The minimum atomic E-state index is -3.76. The van der Waals surface area contributed by atoms with E-state index in [1.165, 1.54) is 31.4 Å². The molecule has 0 unspecified atom stereocenters. The van der Waals surface area contributed by atoms with Crippen molar-refractivity contribution in [3.63, 3.8) is 0 Å². The molecule has 1 aliphatic rings. The zero-order valence-corrected chi connectivity index (χ0v) is 17.3. The summed E-state index contributed by atoms with van der Waals surface area (Å²) in [7, 11) is -2.28. The van der Waals surface area contributed by atoms with Crippen molar-refractivity contribution in [3.05, 3.63) is 47.0 Å². The second kappa shape index (κ2) is 9.45. The number of halogens is 1. The fourth-order valence-electron chi connectivity index (χ4n) is 2.64. The predicted octanol–water partition coefficient (Wildman–Crippen LogP) is 2.68. The highest BCUT2D eigenvalue weighted by atomic mass is 35.5. The van der Waals surface area contributed by atoms with Gasteiger partial charge in [0.05, 0.1) is 35.4 Å². The third-order valence-electron chi connectivity index (χ3n) is 4.09. The highest BCUT2D eigenvalue weighted by Gasteiger charge is 2.18. The van der Waals surface area contributed by atoms with Gasteiger partial charge in [-0.15, -0.1) is 0 Å². The number of hydrogen-bond donors (Lipinski definition) is 2. The van der Waals surface area contributed by atoms with Gasteiger partial charge in [-0.3, -0.25) is 4.79 Å². The van der Waals surface area contributed by atoms with E-state index >= 15 is 0 Å². The molecule has 1 aliphatic heterocycles. The van der Waals surface area contributed by atoms with E-state index in [0.29, 0.717) is 30.4 Å². The Morgan fingerprint density at radius 3 is 2.62 bits per heavy atom. The molecule has 0 saturated carbocycles. The monoisotopic (exact) mass is 440 g/mol. The molecule has 2 aromatic carbocycles. The quantitative estimate of drug-likeness (QED) is 0.641. The number of benzene rings is 2. The van der Waals surface area contributed by atoms with Gasteiger partial charge in [0.2, 0.25) is 10.0 Å². The van der Waals surface area contributed by atoms with E-state index in [0.717, 1.165) is 6.42 Å². The molecule has 0 bridgehead atoms. The lowest BCUT2D eigenvalue weighted by molar-refractivity contribution is 0.102. The first-order chi connectivity index (χ1) is 13.9. The Balaban J connectivity index is 1.79. The maximum atomic E-state index is 12.7. The number of nitrogens with one attached hydrogen (secondary N) is 2. The highest BCUT2D eigenvalue weighted by molar-refractivity contribution is 7.89. The van der Waals surface area contributed by atoms with Crippen molar-refractivity contribution in [1.29, 1.82) is 0 Å². The molecule has 0 aromatic heterocycles. The summed E-state index contributed by atoms with van der Waals surface area (Å²) in [5.41, 5.74) is 0.509. The number of ether oxygens (including phenoxy) is 3. The molecule has 0 aliphatic carbocycles. The first kappa shape index (κ1) is 21.4. The maximum absolute atomic E-state index is 12.7. The van der Waals surface area contributed by atoms with Crippen LogP contribution < -0.4 is 19.5 Å². The standard InChI is InChI=1S/C19H21ClN2O6S/c1-26-9-6-21-29(24,25)14-5-2-4-13(10-14)19(23)22-16-12-18-17(11-15(16)20)27-7-3-8-28-18/h2,4-5,10-12,21H,3,6-9H2,1H3,(H,22,23). The minimum Gasteiger partial charge on any atom is -0.490 e. The Kier molecular flexibility index (Phi) is 6.96. The molecule has 0 spiro atoms. The summed E-state index contributed by atoms with van der Waals surface area (Å²) in [4.78, 5) is 12.6. The van der Waals surface area contributed by atoms with Crippen LogP contribution in [0.25, 0.3) is 0 Å². The summed E-state index contributed by atoms with van der Waals surface area (Å²) in [5.74, 6) is 0.497. The van der Waals surface area contributed by atoms with Gasteiger partial charge in [0, 0.05) is 37.8 Å². The van der Waals surface area contributed by atoms with Crippen LogP contribution in [0.1, 0.15) is 16.8 Å². The molecule has 3 rings (SSSR count). The van der Waals surface area contributed by atoms with Crippen molar-refractivity contribution in [2.45, 2.75) is 11.3 Å². The molecule has 0 atom stereocenters. The lowest BCUT2D eigenvalue weighted by atomic mass is 10.2. The third-order valence-corrected chi connectivity index (χ3v) is 5.86. The van der Waals surface area contributed by atoms with Gasteiger partial charge in [0.25, 0.3) is 5.91 Å². The molecular weight excluding hydrogens is 420 g/mol. The number of amides is 1. The minimum absolute atomic E-state index is 0.0222. The third kappa shape index (κ3) is 5.39. The molecule has 10 heteroatoms. The van der Waals surface area contributed by atoms with Gasteiger partial charge in [0.15, 0.2) is 11.5 Å². The number of rotatable bonds is 7. The van der Waals surface area contributed by atoms with Gasteiger partial charge >= 0.3 is 0 Å². The summed E-state index contributed by atoms with van der Waals surface area (Å²) in [6.45, 7) is 1.39. The van der Waals surface area contributed by atoms with Crippen molar-refractivity contribution in [2.75, 3.05) is 38.8 Å². The lowest BCUT2D eigenvalue weighted by Crippen LogP contribution is -2.27. The Morgan fingerprint density at radius 2 is 1.90 bits per heavy atom. The molecule has 0 saturated heterocycles. The number of sulfonamides is 1. The Hall–Kier alpha value is -2.33. The molecular formula is C19H21ClN2O6S. The van der Waals surface area contributed by atoms with Gasteiger partial charge in [-0.05, 0) is 18.2 Å². The first-order valence-corrected chi connectivity index (χ1v) is 10.8. The van der Waals surface area contributed by atoms with Crippen LogP contribution in [0.15, 0.2) is 41.3 Å². The van der Waals surface area contributed by atoms with Crippen molar-refractivity contribution in [2.24, 2.45) is 0 Å². The molecule has 0 fully saturated rings. The van der Waals surface area contributed by atoms with Gasteiger partial charge in [0.1, 0.15) is 0 Å². The fourth-order valence-corrected chi connectivity index (χ4v) is 3.90. The van der Waals surface area contributed by atoms with Gasteiger partial charge in [-0.1, -0.05) is 17.7 Å². The number of fused-ring (bicyclic) bond motifs is 1. The second-order valence-electron chi connectivity index (χ2n) is 6.20. The molecule has 2 aromatic rings. The molecule has 1 amide bonds. The lowest BCUT2D eigenvalue weighted by Gasteiger charge is -2.13. The average Bonchev–Trinajstić information content (AvgIpc) is 2.93. The SMILES string of the molecule is COCCNS(=O)(=O)c1cccc(C(=O)Nc2cc3c(cc2Cl)OCCCO3)c1. The van der Waals surface area contributed by atoms with E-state index < -0.39 is 15.9 Å². The van der Waals surface area contributed by atoms with Crippen LogP contribution in [-0.4, -0.2) is 47.8 Å². The smallest absolute Gasteiger partial charge is 0.255 e. The van der Waals surface area contributed by atoms with Gasteiger partial charge < -0.3 is 19.5 Å². The Bertz CT molecular complexity index is 996. The Morgan fingerprint density at radius 1 is 1.17 bits per heavy atom. The molecule has 156 valence electrons. The van der Waals surface area contributed by atoms with Crippen molar-refractivity contribution in [1.82, 2.24) is 4.72 Å². The van der Waals surface area contributed by atoms with Gasteiger partial charge in [-0.2, -0.15) is 0 Å². The van der Waals surface area contributed by atoms with Crippen LogP contribution >= 0.6 is 11.6 Å². The number of hydrogen-bond acceptors (Lipinski definition) is 6. The van der Waals surface area contributed by atoms with Crippen molar-refractivity contribution < 1.29 is 27.4 Å². The van der Waals surface area contributed by atoms with Crippen LogP contribution in [0.4, 0.5) is 5.69 Å². The van der Waals surface area contributed by atoms with Crippen LogP contribution in [0.3, 0.4) is 0 Å². The zero-order valence-electron chi connectivity index (χ0n) is 15.7. The van der Waals surface area contributed by atoms with E-state index in [9.17, 15) is 13.2 Å². The summed E-state index contributed by atoms with van der Waals surface area (Å²) in [5, 5.41) is 2.97. The van der Waals surface area contributed by atoms with E-state index in [1.54, 1.807) is 12.1 Å². The summed E-state index contributed by atoms with van der Waals surface area (Å²) in [6.07, 6.45) is 0.744. The highest BCUT2D eigenvalue weighted by Crippen LogP contribution is 2.37. The van der Waals surface area contributed by atoms with Gasteiger partial charge in [-0.25, -0.2) is 13.1 Å². The van der Waals surface area contributed by atoms with E-state index in [4.69, 9.17) is 25.8 Å². The predicted molar refractivity (Wildman–Crippen MR) is 109 cm³/mol. The topological polar surface area (TPSA) is 103 Å². The zero-order chi connectivity index (χ0) is 20.9. The normalized spacial score (nSPS) is 13.6. The van der Waals surface area contributed by atoms with Crippen molar-refractivity contribution >= 4 is 33.2 Å². The van der Waals surface area contributed by atoms with Crippen molar-refractivity contribution in [3.8, 4) is 11.5 Å². The molecule has 2 N–H and O–H groups in total. The number of carbonyl (C=O) groups excluding carboxylic acids is 1. The van der Waals surface area contributed by atoms with Crippen LogP contribution in [0, 0.1) is 0 Å². The maximum Gasteiger partial charge on any atom is 0.255 e. The van der Waals surface area contributed by atoms with Crippen LogP contribution in [0.5, 0.6) is 11.5 Å². The first-order valence-electron chi connectivity index (χ1n) is 8.90. The largest absolute Gasteiger partial charge is 0.490 e. The van der Waals surface area contributed by atoms with E-state index in [-0.39, 0.29) is 28.6 Å². The molecule has 1 heterocycles. The number of methoxy groups -OCH3 is 1. The van der Waals surface area contributed by atoms with Crippen LogP contribution in [-0.2, 0) is 14.8 Å².